The summed E-state index contributed by atoms with van der Waals surface area (Å²) in [6.45, 7) is 3.09. The molecule has 0 amide bonds. The lowest BCUT2D eigenvalue weighted by molar-refractivity contribution is 0.949. The molecule has 110 valence electrons. The molecule has 0 unspecified atom stereocenters. The molecule has 0 bridgehead atoms. The van der Waals surface area contributed by atoms with Crippen LogP contribution in [0.5, 0.6) is 0 Å². The molecule has 1 aliphatic heterocycles. The fourth-order valence-electron chi connectivity index (χ4n) is 2.71. The van der Waals surface area contributed by atoms with Crippen LogP contribution in [0.1, 0.15) is 18.4 Å². The van der Waals surface area contributed by atoms with Crippen LogP contribution in [-0.4, -0.2) is 13.1 Å². The van der Waals surface area contributed by atoms with Gasteiger partial charge in [-0.05, 0) is 42.7 Å². The third-order valence-electron chi connectivity index (χ3n) is 3.84. The summed E-state index contributed by atoms with van der Waals surface area (Å²) in [4.78, 5) is 2.46. The Labute approximate surface area is 139 Å². The van der Waals surface area contributed by atoms with Gasteiger partial charge in [-0.3, -0.25) is 0 Å². The second kappa shape index (κ2) is 6.71. The van der Waals surface area contributed by atoms with Crippen LogP contribution in [0, 0.1) is 0 Å². The van der Waals surface area contributed by atoms with Crippen LogP contribution in [0.15, 0.2) is 46.9 Å². The molecule has 0 saturated carbocycles. The molecule has 1 saturated heterocycles. The first kappa shape index (κ1) is 14.7. The molecule has 1 N–H and O–H groups in total. The molecule has 0 radical (unpaired) electrons. The number of para-hydroxylation sites is 2. The Morgan fingerprint density at radius 3 is 2.62 bits per heavy atom. The fraction of sp³-hybridized carbons (Fsp3) is 0.294. The summed E-state index contributed by atoms with van der Waals surface area (Å²) >= 11 is 9.56. The van der Waals surface area contributed by atoms with Gasteiger partial charge in [0.25, 0.3) is 0 Å². The number of anilines is 2. The molecule has 0 spiro atoms. The number of halogens is 2. The van der Waals surface area contributed by atoms with Crippen molar-refractivity contribution in [3.05, 3.63) is 57.5 Å². The molecule has 21 heavy (non-hydrogen) atoms. The molecule has 0 aromatic heterocycles. The summed E-state index contributed by atoms with van der Waals surface area (Å²) in [6, 6.07) is 14.5. The Balaban J connectivity index is 1.75. The van der Waals surface area contributed by atoms with Crippen molar-refractivity contribution in [1.82, 2.24) is 0 Å². The average Bonchev–Trinajstić information content (AvgIpc) is 3.01. The standard InChI is InChI=1S/C17H18BrClN2/c18-15-11-14(19)8-7-13(15)12-20-16-5-1-2-6-17(16)21-9-3-4-10-21/h1-2,5-8,11,20H,3-4,9-10,12H2. The second-order valence-electron chi connectivity index (χ2n) is 5.30. The first-order valence-electron chi connectivity index (χ1n) is 7.26. The Morgan fingerprint density at radius 2 is 1.86 bits per heavy atom. The van der Waals surface area contributed by atoms with Crippen LogP contribution in [0.4, 0.5) is 11.4 Å². The molecule has 2 aromatic rings. The van der Waals surface area contributed by atoms with Crippen molar-refractivity contribution in [3.63, 3.8) is 0 Å². The minimum Gasteiger partial charge on any atom is -0.379 e. The number of nitrogens with one attached hydrogen (secondary N) is 1. The highest BCUT2D eigenvalue weighted by Crippen LogP contribution is 2.30. The molecular weight excluding hydrogens is 348 g/mol. The van der Waals surface area contributed by atoms with E-state index >= 15 is 0 Å². The van der Waals surface area contributed by atoms with E-state index in [-0.39, 0.29) is 0 Å². The minimum absolute atomic E-state index is 0.753. The number of benzene rings is 2. The van der Waals surface area contributed by atoms with Gasteiger partial charge in [-0.15, -0.1) is 0 Å². The van der Waals surface area contributed by atoms with Gasteiger partial charge in [0.1, 0.15) is 0 Å². The van der Waals surface area contributed by atoms with Crippen LogP contribution in [0.2, 0.25) is 5.02 Å². The zero-order chi connectivity index (χ0) is 14.7. The lowest BCUT2D eigenvalue weighted by atomic mass is 10.2. The monoisotopic (exact) mass is 364 g/mol. The van der Waals surface area contributed by atoms with Crippen LogP contribution >= 0.6 is 27.5 Å². The van der Waals surface area contributed by atoms with Crippen LogP contribution in [-0.2, 0) is 6.54 Å². The molecule has 0 atom stereocenters. The van der Waals surface area contributed by atoms with Gasteiger partial charge in [-0.25, -0.2) is 0 Å². The third-order valence-corrected chi connectivity index (χ3v) is 4.81. The van der Waals surface area contributed by atoms with Gasteiger partial charge < -0.3 is 10.2 Å². The molecule has 3 rings (SSSR count). The fourth-order valence-corrected chi connectivity index (χ4v) is 3.54. The molecule has 4 heteroatoms. The van der Waals surface area contributed by atoms with Crippen molar-refractivity contribution in [2.24, 2.45) is 0 Å². The summed E-state index contributed by atoms with van der Waals surface area (Å²) in [7, 11) is 0. The van der Waals surface area contributed by atoms with E-state index in [2.05, 4.69) is 56.5 Å². The summed E-state index contributed by atoms with van der Waals surface area (Å²) in [5.74, 6) is 0. The van der Waals surface area contributed by atoms with Crippen LogP contribution in [0.3, 0.4) is 0 Å². The van der Waals surface area contributed by atoms with E-state index < -0.39 is 0 Å². The first-order valence-corrected chi connectivity index (χ1v) is 8.43. The Bertz CT molecular complexity index is 624. The van der Waals surface area contributed by atoms with E-state index in [0.717, 1.165) is 29.1 Å². The summed E-state index contributed by atoms with van der Waals surface area (Å²) in [5.41, 5.74) is 3.71. The van der Waals surface area contributed by atoms with Crippen molar-refractivity contribution >= 4 is 38.9 Å². The Morgan fingerprint density at radius 1 is 1.10 bits per heavy atom. The first-order chi connectivity index (χ1) is 10.2. The van der Waals surface area contributed by atoms with Crippen molar-refractivity contribution in [1.29, 1.82) is 0 Å². The summed E-state index contributed by atoms with van der Waals surface area (Å²) < 4.78 is 1.04. The lowest BCUT2D eigenvalue weighted by Gasteiger charge is -2.22. The lowest BCUT2D eigenvalue weighted by Crippen LogP contribution is -2.19. The van der Waals surface area contributed by atoms with E-state index in [9.17, 15) is 0 Å². The summed E-state index contributed by atoms with van der Waals surface area (Å²) in [5, 5.41) is 4.30. The predicted octanol–water partition coefficient (Wildman–Crippen LogP) is 5.31. The largest absolute Gasteiger partial charge is 0.379 e. The highest BCUT2D eigenvalue weighted by Gasteiger charge is 2.15. The minimum atomic E-state index is 0.753. The van der Waals surface area contributed by atoms with E-state index in [1.54, 1.807) is 0 Å². The number of rotatable bonds is 4. The number of nitrogens with zero attached hydrogens (tertiary/aromatic N) is 1. The maximum atomic E-state index is 5.99. The third kappa shape index (κ3) is 3.53. The van der Waals surface area contributed by atoms with E-state index in [1.807, 2.05) is 12.1 Å². The van der Waals surface area contributed by atoms with Gasteiger partial charge in [-0.2, -0.15) is 0 Å². The molecule has 1 aliphatic rings. The summed E-state index contributed by atoms with van der Waals surface area (Å²) in [6.07, 6.45) is 2.58. The highest BCUT2D eigenvalue weighted by atomic mass is 79.9. The van der Waals surface area contributed by atoms with Gasteiger partial charge in [0.15, 0.2) is 0 Å². The smallest absolute Gasteiger partial charge is 0.0602 e. The normalized spacial score (nSPS) is 14.5. The van der Waals surface area contributed by atoms with E-state index in [0.29, 0.717) is 0 Å². The van der Waals surface area contributed by atoms with Crippen molar-refractivity contribution in [3.8, 4) is 0 Å². The number of hydrogen-bond acceptors (Lipinski definition) is 2. The quantitative estimate of drug-likeness (QED) is 0.789. The van der Waals surface area contributed by atoms with Gasteiger partial charge in [0.05, 0.1) is 11.4 Å². The average molecular weight is 366 g/mol. The van der Waals surface area contributed by atoms with Crippen molar-refractivity contribution in [2.75, 3.05) is 23.3 Å². The Hall–Kier alpha value is -1.19. The van der Waals surface area contributed by atoms with Crippen LogP contribution in [0.25, 0.3) is 0 Å². The highest BCUT2D eigenvalue weighted by molar-refractivity contribution is 9.10. The van der Waals surface area contributed by atoms with Crippen molar-refractivity contribution in [2.45, 2.75) is 19.4 Å². The number of hydrogen-bond donors (Lipinski definition) is 1. The van der Waals surface area contributed by atoms with Gasteiger partial charge >= 0.3 is 0 Å². The SMILES string of the molecule is Clc1ccc(CNc2ccccc2N2CCCC2)c(Br)c1. The Kier molecular flexibility index (Phi) is 4.71. The van der Waals surface area contributed by atoms with Gasteiger partial charge in [0.2, 0.25) is 0 Å². The van der Waals surface area contributed by atoms with E-state index in [4.69, 9.17) is 11.6 Å². The maximum Gasteiger partial charge on any atom is 0.0602 e. The van der Waals surface area contributed by atoms with Crippen molar-refractivity contribution < 1.29 is 0 Å². The predicted molar refractivity (Wildman–Crippen MR) is 94.4 cm³/mol. The molecular formula is C17H18BrClN2. The zero-order valence-corrected chi connectivity index (χ0v) is 14.1. The molecule has 2 nitrogen and oxygen atoms in total. The molecule has 1 fully saturated rings. The topological polar surface area (TPSA) is 15.3 Å². The maximum absolute atomic E-state index is 5.99. The zero-order valence-electron chi connectivity index (χ0n) is 11.8. The molecule has 0 aliphatic carbocycles. The van der Waals surface area contributed by atoms with Crippen LogP contribution < -0.4 is 10.2 Å². The molecule has 2 aromatic carbocycles. The second-order valence-corrected chi connectivity index (χ2v) is 6.59. The van der Waals surface area contributed by atoms with Gasteiger partial charge in [0, 0.05) is 29.1 Å². The molecule has 1 heterocycles. The van der Waals surface area contributed by atoms with Gasteiger partial charge in [-0.1, -0.05) is 45.7 Å². The van der Waals surface area contributed by atoms with E-state index in [1.165, 1.54) is 29.8 Å².